The molecule has 2 saturated heterocycles. The number of halogens is 1. The summed E-state index contributed by atoms with van der Waals surface area (Å²) in [6.07, 6.45) is 7.39. The highest BCUT2D eigenvalue weighted by atomic mass is 35.5. The average molecular weight is 998 g/mol. The minimum Gasteiger partial charge on any atom is -0.455 e. The molecule has 0 radical (unpaired) electrons. The standard InChI is InChI=1S/C51H61ClN8O7S2/c1-35(2)49(61)55-68(5)27-25-57(26-28-68)20-6-7-37-10-14-43(31-46(37)60(63)64)69(65,66)56-50(62)44-15-13-41(30-47(44)67-42-29-38-17-19-53-48(38)54-33-42)59-23-21-58(22-24-59)34-39-16-18-51(3,4)32-45(39)36-8-11-40(52)12-9-36/h8-15,17,19,29-31,33,35H,5-7,16,18,20-28,32,34H2,1-4H3,(H,53,54)(H,56,62). The zero-order chi connectivity index (χ0) is 49.1. The maximum absolute atomic E-state index is 14.0. The summed E-state index contributed by atoms with van der Waals surface area (Å²) < 4.78 is 40.6. The number of H-pyrrole nitrogens is 1. The van der Waals surface area contributed by atoms with Crippen LogP contribution in [-0.2, 0) is 30.7 Å². The van der Waals surface area contributed by atoms with E-state index in [0.29, 0.717) is 60.9 Å². The van der Waals surface area contributed by atoms with Gasteiger partial charge in [0.15, 0.2) is 0 Å². The van der Waals surface area contributed by atoms with Crippen LogP contribution in [0.25, 0.3) is 16.6 Å². The summed E-state index contributed by atoms with van der Waals surface area (Å²) in [5, 5.41) is 13.8. The van der Waals surface area contributed by atoms with Crippen molar-refractivity contribution in [3.63, 3.8) is 0 Å². The largest absolute Gasteiger partial charge is 0.455 e. The average Bonchev–Trinajstić information content (AvgIpc) is 3.79. The number of nitrogens with one attached hydrogen (secondary N) is 2. The second kappa shape index (κ2) is 20.8. The molecule has 5 aromatic rings. The molecule has 2 N–H and O–H groups in total. The fourth-order valence-electron chi connectivity index (χ4n) is 9.22. The van der Waals surface area contributed by atoms with Crippen LogP contribution < -0.4 is 14.4 Å². The van der Waals surface area contributed by atoms with E-state index in [1.807, 2.05) is 32.0 Å². The Labute approximate surface area is 410 Å². The van der Waals surface area contributed by atoms with Crippen molar-refractivity contribution in [3.05, 3.63) is 123 Å². The normalized spacial score (nSPS) is 17.8. The Balaban J connectivity index is 0.955. The topological polar surface area (TPSA) is 183 Å². The molecule has 18 heteroatoms. The van der Waals surface area contributed by atoms with Gasteiger partial charge in [0.2, 0.25) is 0 Å². The van der Waals surface area contributed by atoms with Crippen molar-refractivity contribution < 1.29 is 27.7 Å². The molecular formula is C51H61ClN8O7S2. The summed E-state index contributed by atoms with van der Waals surface area (Å²) in [5.41, 5.74) is 5.76. The summed E-state index contributed by atoms with van der Waals surface area (Å²) in [7, 11) is -6.19. The number of benzene rings is 3. The van der Waals surface area contributed by atoms with Crippen molar-refractivity contribution in [2.75, 3.05) is 68.8 Å². The molecule has 2 fully saturated rings. The van der Waals surface area contributed by atoms with E-state index in [-0.39, 0.29) is 34.2 Å². The fraction of sp³-hybridized carbons (Fsp3) is 0.412. The monoisotopic (exact) mass is 996 g/mol. The van der Waals surface area contributed by atoms with Gasteiger partial charge in [-0.1, -0.05) is 68.9 Å². The number of allylic oxidation sites excluding steroid dienone is 1. The zero-order valence-corrected chi connectivity index (χ0v) is 42.1. The van der Waals surface area contributed by atoms with Crippen LogP contribution in [0.5, 0.6) is 11.5 Å². The van der Waals surface area contributed by atoms with E-state index < -0.39 is 35.2 Å². The lowest BCUT2D eigenvalue weighted by molar-refractivity contribution is -0.385. The fourth-order valence-corrected chi connectivity index (χ4v) is 12.5. The molecule has 15 nitrogen and oxygen atoms in total. The molecule has 2 amide bonds. The molecule has 0 saturated carbocycles. The molecule has 8 rings (SSSR count). The highest BCUT2D eigenvalue weighted by Gasteiger charge is 2.31. The number of carbonyl (C=O) groups is 2. The second-order valence-electron chi connectivity index (χ2n) is 19.5. The number of nitro benzene ring substituents is 1. The summed E-state index contributed by atoms with van der Waals surface area (Å²) >= 11 is 6.25. The highest BCUT2D eigenvalue weighted by Crippen LogP contribution is 2.43. The van der Waals surface area contributed by atoms with Crippen molar-refractivity contribution >= 4 is 76.7 Å². The van der Waals surface area contributed by atoms with Crippen molar-refractivity contribution in [1.82, 2.24) is 24.5 Å². The van der Waals surface area contributed by atoms with E-state index in [9.17, 15) is 28.1 Å². The molecule has 0 bridgehead atoms. The Morgan fingerprint density at radius 2 is 1.74 bits per heavy atom. The number of sulfonamides is 1. The zero-order valence-electron chi connectivity index (χ0n) is 39.7. The number of anilines is 1. The molecule has 366 valence electrons. The summed E-state index contributed by atoms with van der Waals surface area (Å²) in [4.78, 5) is 52.0. The first kappa shape index (κ1) is 49.8. The first-order valence-corrected chi connectivity index (χ1v) is 27.4. The number of nitrogens with zero attached hydrogens (tertiary/aromatic N) is 6. The first-order valence-electron chi connectivity index (χ1n) is 23.5. The minimum atomic E-state index is -4.58. The van der Waals surface area contributed by atoms with Crippen LogP contribution in [0.15, 0.2) is 100 Å². The maximum atomic E-state index is 14.0. The van der Waals surface area contributed by atoms with Gasteiger partial charge in [-0.05, 0) is 97.7 Å². The molecule has 0 unspecified atom stereocenters. The molecule has 3 aromatic carbocycles. The van der Waals surface area contributed by atoms with Gasteiger partial charge < -0.3 is 19.5 Å². The molecule has 0 atom stereocenters. The molecular weight excluding hydrogens is 936 g/mol. The third-order valence-corrected chi connectivity index (χ3v) is 17.4. The number of amides is 2. The lowest BCUT2D eigenvalue weighted by atomic mass is 9.72. The van der Waals surface area contributed by atoms with Crippen LogP contribution in [0.1, 0.15) is 74.9 Å². The first-order chi connectivity index (χ1) is 32.8. The Morgan fingerprint density at radius 1 is 1.00 bits per heavy atom. The summed E-state index contributed by atoms with van der Waals surface area (Å²) in [5.74, 6) is 4.95. The molecule has 2 aliphatic heterocycles. The Kier molecular flexibility index (Phi) is 15.0. The number of hydrogen-bond donors (Lipinski definition) is 2. The van der Waals surface area contributed by atoms with Crippen molar-refractivity contribution in [1.29, 1.82) is 0 Å². The molecule has 1 aliphatic carbocycles. The van der Waals surface area contributed by atoms with Gasteiger partial charge in [0.1, 0.15) is 17.1 Å². The van der Waals surface area contributed by atoms with Crippen LogP contribution in [-0.4, -0.2) is 115 Å². The van der Waals surface area contributed by atoms with E-state index in [1.165, 1.54) is 35.0 Å². The maximum Gasteiger partial charge on any atom is 0.273 e. The summed E-state index contributed by atoms with van der Waals surface area (Å²) in [6, 6.07) is 20.6. The third kappa shape index (κ3) is 12.2. The number of pyridine rings is 1. The van der Waals surface area contributed by atoms with Gasteiger partial charge >= 0.3 is 0 Å². The van der Waals surface area contributed by atoms with E-state index in [4.69, 9.17) is 16.3 Å². The second-order valence-corrected chi connectivity index (χ2v) is 24.6. The smallest absolute Gasteiger partial charge is 0.273 e. The SMILES string of the molecule is C=S1(=NC(=O)C(C)C)CCN(CCCc2ccc(S(=O)(=O)NC(=O)c3ccc(N4CCN(CC5=C(c6ccc(Cl)cc6)CC(C)(C)CC5)CC4)cc3Oc3cnc4[nH]ccc4c3)cc2[N+](=O)[O-])CC1. The van der Waals surface area contributed by atoms with Gasteiger partial charge in [0, 0.05) is 103 Å². The van der Waals surface area contributed by atoms with Crippen LogP contribution in [0, 0.1) is 21.4 Å². The number of hydrogen-bond acceptors (Lipinski definition) is 11. The Morgan fingerprint density at radius 3 is 2.45 bits per heavy atom. The Hall–Kier alpha value is -5.59. The van der Waals surface area contributed by atoms with Crippen LogP contribution in [0.3, 0.4) is 0 Å². The van der Waals surface area contributed by atoms with Gasteiger partial charge in [-0.3, -0.25) is 24.6 Å². The van der Waals surface area contributed by atoms with Crippen LogP contribution in [0.4, 0.5) is 11.4 Å². The number of aryl methyl sites for hydroxylation is 1. The van der Waals surface area contributed by atoms with Gasteiger partial charge in [0.25, 0.3) is 27.5 Å². The number of carbonyl (C=O) groups excluding carboxylic acids is 2. The third-order valence-electron chi connectivity index (χ3n) is 13.4. The van der Waals surface area contributed by atoms with Gasteiger partial charge in [-0.2, -0.15) is 4.36 Å². The van der Waals surface area contributed by atoms with Crippen molar-refractivity contribution in [2.45, 2.75) is 64.7 Å². The van der Waals surface area contributed by atoms with Crippen LogP contribution >= 0.6 is 11.6 Å². The van der Waals surface area contributed by atoms with E-state index >= 15 is 0 Å². The number of aromatic amines is 1. The van der Waals surface area contributed by atoms with Gasteiger partial charge in [-0.15, -0.1) is 9.41 Å². The predicted molar refractivity (Wildman–Crippen MR) is 276 cm³/mol. The van der Waals surface area contributed by atoms with Crippen LogP contribution in [0.2, 0.25) is 5.02 Å². The van der Waals surface area contributed by atoms with Gasteiger partial charge in [0.05, 0.1) is 21.6 Å². The number of aromatic nitrogens is 2. The number of fused-ring (bicyclic) bond motifs is 1. The number of ether oxygens (including phenoxy) is 1. The van der Waals surface area contributed by atoms with E-state index in [2.05, 4.69) is 65.6 Å². The van der Waals surface area contributed by atoms with Crippen molar-refractivity contribution in [3.8, 4) is 11.5 Å². The number of rotatable bonds is 15. The molecule has 2 aromatic heterocycles. The van der Waals surface area contributed by atoms with Crippen molar-refractivity contribution in [2.24, 2.45) is 15.7 Å². The number of nitro groups is 1. The Bertz CT molecular complexity index is 3010. The lowest BCUT2D eigenvalue weighted by Crippen LogP contribution is -2.47. The summed E-state index contributed by atoms with van der Waals surface area (Å²) in [6.45, 7) is 14.4. The highest BCUT2D eigenvalue weighted by molar-refractivity contribution is 8.02. The minimum absolute atomic E-state index is 0.0428. The number of piperazine rings is 1. The molecule has 4 heterocycles. The van der Waals surface area contributed by atoms with E-state index in [0.717, 1.165) is 74.1 Å². The lowest BCUT2D eigenvalue weighted by Gasteiger charge is -2.39. The molecule has 69 heavy (non-hydrogen) atoms. The predicted octanol–water partition coefficient (Wildman–Crippen LogP) is 9.02. The van der Waals surface area contributed by atoms with Gasteiger partial charge in [-0.25, -0.2) is 18.1 Å². The quantitative estimate of drug-likeness (QED) is 0.0580. The van der Waals surface area contributed by atoms with E-state index in [1.54, 1.807) is 30.5 Å². The molecule has 3 aliphatic rings. The molecule has 0 spiro atoms.